The normalized spacial score (nSPS) is 8.00. The molecule has 1 heterocycles. The summed E-state index contributed by atoms with van der Waals surface area (Å²) >= 11 is 0. The molecule has 2 nitrogen and oxygen atoms in total. The second-order valence-electron chi connectivity index (χ2n) is 1.81. The number of halogens is 1. The molecule has 58 valence electrons. The zero-order chi connectivity index (χ0) is 7.40. The second-order valence-corrected chi connectivity index (χ2v) is 1.81. The van der Waals surface area contributed by atoms with Crippen LogP contribution in [-0.4, -0.2) is 11.3 Å². The van der Waals surface area contributed by atoms with E-state index in [4.69, 9.17) is 0 Å². The number of hydrogen-bond donors (Lipinski definition) is 0. The molecule has 1 aromatic rings. The average Bonchev–Trinajstić information content (AvgIpc) is 2.05. The van der Waals surface area contributed by atoms with Crippen molar-refractivity contribution in [2.45, 2.75) is 0 Å². The first-order valence-corrected chi connectivity index (χ1v) is 2.91. The van der Waals surface area contributed by atoms with Crippen molar-refractivity contribution in [3.8, 4) is 0 Å². The zero-order valence-electron chi connectivity index (χ0n) is 5.86. The average molecular weight is 170 g/mol. The van der Waals surface area contributed by atoms with Gasteiger partial charge in [0.25, 0.3) is 0 Å². The van der Waals surface area contributed by atoms with Gasteiger partial charge in [0.2, 0.25) is 0 Å². The number of carbonyl (C=O) groups is 1. The minimum absolute atomic E-state index is 0. The molecule has 0 spiro atoms. The largest absolute Gasteiger partial charge is 0.296 e. The van der Waals surface area contributed by atoms with Gasteiger partial charge < -0.3 is 0 Å². The van der Waals surface area contributed by atoms with Gasteiger partial charge >= 0.3 is 0 Å². The number of hydrogen-bond acceptors (Lipinski definition) is 2. The van der Waals surface area contributed by atoms with E-state index < -0.39 is 0 Å². The van der Waals surface area contributed by atoms with Gasteiger partial charge in [0.15, 0.2) is 6.29 Å². The lowest BCUT2D eigenvalue weighted by molar-refractivity contribution is 0.111. The maximum atomic E-state index is 10.2. The molecular formula is C8H8ClNO. The second kappa shape index (κ2) is 4.63. The van der Waals surface area contributed by atoms with Crippen molar-refractivity contribution in [3.63, 3.8) is 0 Å². The molecule has 0 saturated heterocycles. The number of aldehydes is 1. The zero-order valence-corrected chi connectivity index (χ0v) is 6.67. The van der Waals surface area contributed by atoms with E-state index in [9.17, 15) is 4.79 Å². The summed E-state index contributed by atoms with van der Waals surface area (Å²) in [6, 6.07) is 5.22. The van der Waals surface area contributed by atoms with Crippen molar-refractivity contribution in [1.82, 2.24) is 4.98 Å². The van der Waals surface area contributed by atoms with Crippen LogP contribution in [0.3, 0.4) is 0 Å². The molecule has 0 saturated carbocycles. The molecule has 1 rings (SSSR count). The number of rotatable bonds is 2. The summed E-state index contributed by atoms with van der Waals surface area (Å²) in [6.45, 7) is 3.53. The van der Waals surface area contributed by atoms with Crippen LogP contribution in [0.5, 0.6) is 0 Å². The van der Waals surface area contributed by atoms with Gasteiger partial charge in [-0.05, 0) is 18.2 Å². The first kappa shape index (κ1) is 9.85. The third-order valence-electron chi connectivity index (χ3n) is 1.12. The maximum Gasteiger partial charge on any atom is 0.168 e. The van der Waals surface area contributed by atoms with Gasteiger partial charge in [-0.3, -0.25) is 4.79 Å². The maximum absolute atomic E-state index is 10.2. The van der Waals surface area contributed by atoms with Crippen molar-refractivity contribution in [1.29, 1.82) is 0 Å². The molecule has 0 aliphatic rings. The molecule has 0 aromatic carbocycles. The summed E-state index contributed by atoms with van der Waals surface area (Å²) in [7, 11) is 0. The molecular weight excluding hydrogens is 162 g/mol. The molecule has 1 aromatic heterocycles. The van der Waals surface area contributed by atoms with Crippen LogP contribution in [0.4, 0.5) is 0 Å². The number of aromatic nitrogens is 1. The number of carbonyl (C=O) groups excluding carboxylic acids is 1. The minimum atomic E-state index is 0. The smallest absolute Gasteiger partial charge is 0.168 e. The fraction of sp³-hybridized carbons (Fsp3) is 0. The highest BCUT2D eigenvalue weighted by Crippen LogP contribution is 1.97. The SMILES string of the molecule is C=Cc1cccc(C=O)n1.Cl. The summed E-state index contributed by atoms with van der Waals surface area (Å²) in [5, 5.41) is 0. The van der Waals surface area contributed by atoms with Gasteiger partial charge in [-0.15, -0.1) is 12.4 Å². The fourth-order valence-electron chi connectivity index (χ4n) is 0.648. The molecule has 0 bridgehead atoms. The first-order chi connectivity index (χ1) is 4.86. The van der Waals surface area contributed by atoms with Crippen LogP contribution in [0.25, 0.3) is 6.08 Å². The Morgan fingerprint density at radius 2 is 2.00 bits per heavy atom. The summed E-state index contributed by atoms with van der Waals surface area (Å²) < 4.78 is 0. The molecule has 0 N–H and O–H groups in total. The topological polar surface area (TPSA) is 30.0 Å². The third-order valence-corrected chi connectivity index (χ3v) is 1.12. The van der Waals surface area contributed by atoms with Crippen LogP contribution < -0.4 is 0 Å². The molecule has 0 amide bonds. The van der Waals surface area contributed by atoms with E-state index in [1.54, 1.807) is 24.3 Å². The van der Waals surface area contributed by atoms with Crippen LogP contribution in [0.2, 0.25) is 0 Å². The summed E-state index contributed by atoms with van der Waals surface area (Å²) in [5.41, 5.74) is 1.17. The highest BCUT2D eigenvalue weighted by molar-refractivity contribution is 5.85. The van der Waals surface area contributed by atoms with E-state index in [-0.39, 0.29) is 12.4 Å². The Morgan fingerprint density at radius 1 is 1.36 bits per heavy atom. The standard InChI is InChI=1S/C8H7NO.ClH/c1-2-7-4-3-5-8(6-10)9-7;/h2-6H,1H2;1H. The van der Waals surface area contributed by atoms with Crippen LogP contribution in [0.15, 0.2) is 24.8 Å². The number of pyridine rings is 1. The van der Waals surface area contributed by atoms with E-state index in [0.29, 0.717) is 12.0 Å². The highest BCUT2D eigenvalue weighted by atomic mass is 35.5. The van der Waals surface area contributed by atoms with Gasteiger partial charge in [0.05, 0.1) is 5.69 Å². The predicted molar refractivity (Wildman–Crippen MR) is 47.0 cm³/mol. The Bertz CT molecular complexity index is 237. The summed E-state index contributed by atoms with van der Waals surface area (Å²) in [5.74, 6) is 0. The van der Waals surface area contributed by atoms with E-state index in [1.807, 2.05) is 0 Å². The van der Waals surface area contributed by atoms with Crippen LogP contribution >= 0.6 is 12.4 Å². The summed E-state index contributed by atoms with van der Waals surface area (Å²) in [6.07, 6.45) is 2.32. The van der Waals surface area contributed by atoms with Gasteiger partial charge in [0.1, 0.15) is 5.69 Å². The van der Waals surface area contributed by atoms with Gasteiger partial charge in [-0.2, -0.15) is 0 Å². The quantitative estimate of drug-likeness (QED) is 0.634. The Kier molecular flexibility index (Phi) is 4.15. The van der Waals surface area contributed by atoms with Crippen molar-refractivity contribution < 1.29 is 4.79 Å². The Labute approximate surface area is 71.4 Å². The lowest BCUT2D eigenvalue weighted by atomic mass is 10.3. The molecule has 11 heavy (non-hydrogen) atoms. The van der Waals surface area contributed by atoms with Crippen LogP contribution in [-0.2, 0) is 0 Å². The first-order valence-electron chi connectivity index (χ1n) is 2.91. The summed E-state index contributed by atoms with van der Waals surface area (Å²) in [4.78, 5) is 14.1. The van der Waals surface area contributed by atoms with E-state index in [0.717, 1.165) is 5.69 Å². The van der Waals surface area contributed by atoms with Crippen molar-refractivity contribution in [2.75, 3.05) is 0 Å². The monoisotopic (exact) mass is 169 g/mol. The molecule has 3 heteroatoms. The van der Waals surface area contributed by atoms with E-state index in [2.05, 4.69) is 11.6 Å². The van der Waals surface area contributed by atoms with Crippen LogP contribution in [0, 0.1) is 0 Å². The lowest BCUT2D eigenvalue weighted by Crippen LogP contribution is -1.87. The molecule has 0 fully saturated rings. The van der Waals surface area contributed by atoms with Gasteiger partial charge in [-0.25, -0.2) is 4.98 Å². The molecule has 0 unspecified atom stereocenters. The predicted octanol–water partition coefficient (Wildman–Crippen LogP) is 1.96. The van der Waals surface area contributed by atoms with Gasteiger partial charge in [0, 0.05) is 0 Å². The van der Waals surface area contributed by atoms with Crippen LogP contribution in [0.1, 0.15) is 16.2 Å². The fourth-order valence-corrected chi connectivity index (χ4v) is 0.648. The van der Waals surface area contributed by atoms with E-state index >= 15 is 0 Å². The van der Waals surface area contributed by atoms with Crippen molar-refractivity contribution >= 4 is 24.8 Å². The molecule has 0 aliphatic heterocycles. The Balaban J connectivity index is 0.000001000. The van der Waals surface area contributed by atoms with Crippen molar-refractivity contribution in [3.05, 3.63) is 36.2 Å². The lowest BCUT2D eigenvalue weighted by Gasteiger charge is -1.90. The molecule has 0 atom stereocenters. The van der Waals surface area contributed by atoms with Crippen molar-refractivity contribution in [2.24, 2.45) is 0 Å². The molecule has 0 aliphatic carbocycles. The Hall–Kier alpha value is -1.15. The molecule has 0 radical (unpaired) electrons. The Morgan fingerprint density at radius 3 is 2.55 bits per heavy atom. The minimum Gasteiger partial charge on any atom is -0.296 e. The van der Waals surface area contributed by atoms with Gasteiger partial charge in [-0.1, -0.05) is 12.6 Å². The number of nitrogens with zero attached hydrogens (tertiary/aromatic N) is 1. The highest BCUT2D eigenvalue weighted by Gasteiger charge is 1.89. The third kappa shape index (κ3) is 2.51. The van der Waals surface area contributed by atoms with E-state index in [1.165, 1.54) is 0 Å².